The van der Waals surface area contributed by atoms with Crippen LogP contribution in [-0.2, 0) is 14.3 Å². The smallest absolute Gasteiger partial charge is 0.226 e. The van der Waals surface area contributed by atoms with E-state index in [9.17, 15) is 4.79 Å². The average Bonchev–Trinajstić information content (AvgIpc) is 2.99. The average molecular weight is 357 g/mol. The highest BCUT2D eigenvalue weighted by Gasteiger charge is 2.16. The third-order valence-electron chi connectivity index (χ3n) is 3.62. The highest BCUT2D eigenvalue weighted by Crippen LogP contribution is 2.22. The molecule has 0 aromatic carbocycles. The largest absolute Gasteiger partial charge is 0.376 e. The first-order valence-electron chi connectivity index (χ1n) is 8.09. The van der Waals surface area contributed by atoms with Crippen LogP contribution in [-0.4, -0.2) is 41.8 Å². The Labute approximate surface area is 150 Å². The van der Waals surface area contributed by atoms with Gasteiger partial charge in [0.05, 0.1) is 31.6 Å². The van der Waals surface area contributed by atoms with Gasteiger partial charge in [0.1, 0.15) is 4.88 Å². The molecule has 1 aliphatic rings. The van der Waals surface area contributed by atoms with Gasteiger partial charge in [0.2, 0.25) is 5.91 Å². The molecule has 3 rings (SSSR count). The van der Waals surface area contributed by atoms with Crippen LogP contribution in [0.1, 0.15) is 29.0 Å². The molecule has 25 heavy (non-hydrogen) atoms. The van der Waals surface area contributed by atoms with E-state index in [0.29, 0.717) is 37.8 Å². The lowest BCUT2D eigenvalue weighted by Crippen LogP contribution is -2.29. The quantitative estimate of drug-likeness (QED) is 0.851. The van der Waals surface area contributed by atoms with Crippen molar-refractivity contribution >= 4 is 22.4 Å². The minimum Gasteiger partial charge on any atom is -0.376 e. The van der Waals surface area contributed by atoms with Crippen molar-refractivity contribution in [3.8, 4) is 11.8 Å². The zero-order valence-electron chi connectivity index (χ0n) is 13.9. The predicted octanol–water partition coefficient (Wildman–Crippen LogP) is 2.38. The number of aryl methyl sites for hydroxylation is 1. The third-order valence-corrected chi connectivity index (χ3v) is 4.61. The Bertz CT molecular complexity index is 774. The Kier molecular flexibility index (Phi) is 6.12. The number of hydrogen-bond donors (Lipinski definition) is 1. The molecule has 2 aromatic rings. The summed E-state index contributed by atoms with van der Waals surface area (Å²) in [7, 11) is 0. The van der Waals surface area contributed by atoms with Gasteiger partial charge in [-0.25, -0.2) is 4.98 Å². The van der Waals surface area contributed by atoms with Gasteiger partial charge in [-0.2, -0.15) is 0 Å². The molecular formula is C18H19N3O3S. The van der Waals surface area contributed by atoms with Crippen molar-refractivity contribution in [2.75, 3.05) is 25.1 Å². The maximum Gasteiger partial charge on any atom is 0.226 e. The SMILES string of the molecule is Cc1nc(NC(=O)CCC2COCCO2)sc1C#Cc1ccncc1. The van der Waals surface area contributed by atoms with Crippen molar-refractivity contribution in [2.24, 2.45) is 0 Å². The first-order chi connectivity index (χ1) is 12.2. The predicted molar refractivity (Wildman–Crippen MR) is 95.5 cm³/mol. The molecule has 1 aliphatic heterocycles. The maximum atomic E-state index is 12.1. The van der Waals surface area contributed by atoms with Crippen LogP contribution in [0, 0.1) is 18.8 Å². The van der Waals surface area contributed by atoms with E-state index in [0.717, 1.165) is 16.1 Å². The summed E-state index contributed by atoms with van der Waals surface area (Å²) in [5, 5.41) is 3.41. The summed E-state index contributed by atoms with van der Waals surface area (Å²) in [4.78, 5) is 21.3. The molecule has 1 atom stereocenters. The number of anilines is 1. The summed E-state index contributed by atoms with van der Waals surface area (Å²) in [6.45, 7) is 3.66. The Balaban J connectivity index is 1.55. The summed E-state index contributed by atoms with van der Waals surface area (Å²) < 4.78 is 10.9. The molecule has 1 fully saturated rings. The van der Waals surface area contributed by atoms with Gasteiger partial charge in [0.25, 0.3) is 0 Å². The lowest BCUT2D eigenvalue weighted by Gasteiger charge is -2.22. The first-order valence-corrected chi connectivity index (χ1v) is 8.91. The van der Waals surface area contributed by atoms with Crippen molar-refractivity contribution in [1.82, 2.24) is 9.97 Å². The second-order valence-electron chi connectivity index (χ2n) is 5.57. The number of hydrogen-bond acceptors (Lipinski definition) is 6. The van der Waals surface area contributed by atoms with Crippen LogP contribution >= 0.6 is 11.3 Å². The highest BCUT2D eigenvalue weighted by atomic mass is 32.1. The second-order valence-corrected chi connectivity index (χ2v) is 6.57. The Morgan fingerprint density at radius 2 is 2.20 bits per heavy atom. The lowest BCUT2D eigenvalue weighted by atomic mass is 10.2. The molecule has 6 nitrogen and oxygen atoms in total. The number of thiazole rings is 1. The zero-order chi connectivity index (χ0) is 17.5. The Morgan fingerprint density at radius 1 is 1.36 bits per heavy atom. The molecule has 3 heterocycles. The molecule has 7 heteroatoms. The van der Waals surface area contributed by atoms with E-state index in [1.54, 1.807) is 12.4 Å². The monoisotopic (exact) mass is 357 g/mol. The van der Waals surface area contributed by atoms with E-state index in [1.165, 1.54) is 11.3 Å². The zero-order valence-corrected chi connectivity index (χ0v) is 14.8. The van der Waals surface area contributed by atoms with E-state index in [2.05, 4.69) is 27.1 Å². The molecular weight excluding hydrogens is 338 g/mol. The Morgan fingerprint density at radius 3 is 2.96 bits per heavy atom. The fourth-order valence-corrected chi connectivity index (χ4v) is 3.14. The van der Waals surface area contributed by atoms with Crippen molar-refractivity contribution in [1.29, 1.82) is 0 Å². The van der Waals surface area contributed by atoms with Crippen LogP contribution in [0.2, 0.25) is 0 Å². The molecule has 1 saturated heterocycles. The van der Waals surface area contributed by atoms with Crippen molar-refractivity contribution in [2.45, 2.75) is 25.9 Å². The van der Waals surface area contributed by atoms with Crippen molar-refractivity contribution in [3.63, 3.8) is 0 Å². The highest BCUT2D eigenvalue weighted by molar-refractivity contribution is 7.16. The molecule has 1 amide bonds. The van der Waals surface area contributed by atoms with Crippen molar-refractivity contribution < 1.29 is 14.3 Å². The van der Waals surface area contributed by atoms with E-state index in [1.807, 2.05) is 19.1 Å². The van der Waals surface area contributed by atoms with E-state index >= 15 is 0 Å². The van der Waals surface area contributed by atoms with Crippen LogP contribution in [0.15, 0.2) is 24.5 Å². The van der Waals surface area contributed by atoms with Crippen LogP contribution < -0.4 is 5.32 Å². The number of ether oxygens (including phenoxy) is 2. The fourth-order valence-electron chi connectivity index (χ4n) is 2.31. The van der Waals surface area contributed by atoms with Gasteiger partial charge < -0.3 is 14.8 Å². The lowest BCUT2D eigenvalue weighted by molar-refractivity contribution is -0.119. The fraction of sp³-hybridized carbons (Fsp3) is 0.389. The summed E-state index contributed by atoms with van der Waals surface area (Å²) in [5.41, 5.74) is 1.70. The molecule has 0 saturated carbocycles. The number of carbonyl (C=O) groups is 1. The van der Waals surface area contributed by atoms with E-state index in [-0.39, 0.29) is 12.0 Å². The molecule has 0 spiro atoms. The minimum atomic E-state index is -0.0726. The topological polar surface area (TPSA) is 73.3 Å². The molecule has 1 unspecified atom stereocenters. The van der Waals surface area contributed by atoms with Gasteiger partial charge in [0.15, 0.2) is 5.13 Å². The van der Waals surface area contributed by atoms with Gasteiger partial charge in [-0.1, -0.05) is 17.3 Å². The maximum absolute atomic E-state index is 12.1. The third kappa shape index (κ3) is 5.36. The Hall–Kier alpha value is -2.27. The van der Waals surface area contributed by atoms with Crippen LogP contribution in [0.4, 0.5) is 5.13 Å². The van der Waals surface area contributed by atoms with Gasteiger partial charge in [0, 0.05) is 24.4 Å². The second kappa shape index (κ2) is 8.72. The number of carbonyl (C=O) groups excluding carboxylic acids is 1. The standard InChI is InChI=1S/C18H19N3O3S/c1-13-16(4-2-14-6-8-19-9-7-14)25-18(20-13)21-17(22)5-3-15-12-23-10-11-24-15/h6-9,15H,3,5,10-12H2,1H3,(H,20,21,22). The summed E-state index contributed by atoms with van der Waals surface area (Å²) >= 11 is 1.38. The molecule has 130 valence electrons. The van der Waals surface area contributed by atoms with Gasteiger partial charge in [-0.05, 0) is 31.4 Å². The normalized spacial score (nSPS) is 16.8. The van der Waals surface area contributed by atoms with E-state index in [4.69, 9.17) is 9.47 Å². The van der Waals surface area contributed by atoms with Gasteiger partial charge in [-0.3, -0.25) is 9.78 Å². The number of nitrogens with zero attached hydrogens (tertiary/aromatic N) is 2. The van der Waals surface area contributed by atoms with E-state index < -0.39 is 0 Å². The molecule has 0 radical (unpaired) electrons. The number of nitrogens with one attached hydrogen (secondary N) is 1. The van der Waals surface area contributed by atoms with Crippen LogP contribution in [0.3, 0.4) is 0 Å². The minimum absolute atomic E-state index is 0.000629. The van der Waals surface area contributed by atoms with Crippen LogP contribution in [0.5, 0.6) is 0 Å². The number of rotatable bonds is 4. The molecule has 0 bridgehead atoms. The molecule has 0 aliphatic carbocycles. The van der Waals surface area contributed by atoms with Crippen molar-refractivity contribution in [3.05, 3.63) is 40.7 Å². The van der Waals surface area contributed by atoms with Gasteiger partial charge >= 0.3 is 0 Å². The van der Waals surface area contributed by atoms with Gasteiger partial charge in [-0.15, -0.1) is 0 Å². The summed E-state index contributed by atoms with van der Waals surface area (Å²) in [6, 6.07) is 3.70. The first kappa shape index (κ1) is 17.5. The molecule has 2 aromatic heterocycles. The number of pyridine rings is 1. The number of aromatic nitrogens is 2. The summed E-state index contributed by atoms with van der Waals surface area (Å²) in [5.74, 6) is 6.10. The number of amides is 1. The molecule has 1 N–H and O–H groups in total. The summed E-state index contributed by atoms with van der Waals surface area (Å²) in [6.07, 6.45) is 4.43. The van der Waals surface area contributed by atoms with Crippen LogP contribution in [0.25, 0.3) is 0 Å².